The predicted octanol–water partition coefficient (Wildman–Crippen LogP) is 4.66. The molecule has 3 aromatic rings. The van der Waals surface area contributed by atoms with Gasteiger partial charge in [0, 0.05) is 23.6 Å². The van der Waals surface area contributed by atoms with Gasteiger partial charge in [0.1, 0.15) is 10.8 Å². The number of rotatable bonds is 8. The highest BCUT2D eigenvalue weighted by atomic mass is 32.2. The van der Waals surface area contributed by atoms with Gasteiger partial charge in [-0.1, -0.05) is 48.1 Å². The quantitative estimate of drug-likeness (QED) is 0.303. The average molecular weight is 410 g/mol. The second-order valence-corrected chi connectivity index (χ2v) is 7.50. The Morgan fingerprint density at radius 2 is 1.97 bits per heavy atom. The van der Waals surface area contributed by atoms with Crippen molar-refractivity contribution in [1.82, 2.24) is 10.1 Å². The van der Waals surface area contributed by atoms with Gasteiger partial charge in [-0.15, -0.1) is 0 Å². The number of carbonyl (C=O) groups excluding carboxylic acids is 2. The van der Waals surface area contributed by atoms with Crippen LogP contribution in [0.1, 0.15) is 51.6 Å². The van der Waals surface area contributed by atoms with Crippen LogP contribution in [0.5, 0.6) is 0 Å². The monoisotopic (exact) mass is 410 g/mol. The van der Waals surface area contributed by atoms with Gasteiger partial charge in [-0.05, 0) is 38.0 Å². The van der Waals surface area contributed by atoms with Crippen LogP contribution >= 0.6 is 11.8 Å². The molecule has 0 aliphatic rings. The average Bonchev–Trinajstić information content (AvgIpc) is 3.17. The number of esters is 1. The summed E-state index contributed by atoms with van der Waals surface area (Å²) in [6.45, 7) is 5.45. The van der Waals surface area contributed by atoms with Crippen molar-refractivity contribution >= 4 is 23.5 Å². The van der Waals surface area contributed by atoms with Crippen LogP contribution < -0.4 is 0 Å². The van der Waals surface area contributed by atoms with E-state index in [0.717, 1.165) is 23.4 Å². The largest absolute Gasteiger partial charge is 0.451 e. The molecule has 0 saturated carbocycles. The van der Waals surface area contributed by atoms with E-state index in [1.807, 2.05) is 25.1 Å². The number of Topliss-reactive ketones (excluding diaryl/α,β-unsaturated/α-hetero) is 1. The van der Waals surface area contributed by atoms with Crippen LogP contribution in [-0.2, 0) is 16.9 Å². The third-order valence-electron chi connectivity index (χ3n) is 4.32. The molecule has 2 heterocycles. The summed E-state index contributed by atoms with van der Waals surface area (Å²) in [6, 6.07) is 12.5. The Kier molecular flexibility index (Phi) is 6.82. The van der Waals surface area contributed by atoms with E-state index in [-0.39, 0.29) is 5.78 Å². The number of aryl methyl sites for hydroxylation is 2. The van der Waals surface area contributed by atoms with E-state index in [1.54, 1.807) is 37.4 Å². The van der Waals surface area contributed by atoms with Crippen molar-refractivity contribution in [2.45, 2.75) is 44.1 Å². The molecule has 1 atom stereocenters. The van der Waals surface area contributed by atoms with Gasteiger partial charge in [-0.3, -0.25) is 4.79 Å². The van der Waals surface area contributed by atoms with Gasteiger partial charge < -0.3 is 9.26 Å². The van der Waals surface area contributed by atoms with Crippen LogP contribution in [0.3, 0.4) is 0 Å². The number of aromatic nitrogens is 2. The Balaban J connectivity index is 1.67. The molecule has 0 aliphatic heterocycles. The zero-order valence-electron chi connectivity index (χ0n) is 16.5. The van der Waals surface area contributed by atoms with Crippen molar-refractivity contribution in [3.05, 3.63) is 76.8 Å². The topological polar surface area (TPSA) is 82.3 Å². The van der Waals surface area contributed by atoms with E-state index in [2.05, 4.69) is 17.1 Å². The lowest BCUT2D eigenvalue weighted by atomic mass is 10.0. The molecule has 0 N–H and O–H groups in total. The highest BCUT2D eigenvalue weighted by molar-refractivity contribution is 7.98. The normalized spacial score (nSPS) is 11.8. The lowest BCUT2D eigenvalue weighted by Crippen LogP contribution is -2.24. The molecule has 0 bridgehead atoms. The van der Waals surface area contributed by atoms with Crippen LogP contribution in [0, 0.1) is 6.92 Å². The van der Waals surface area contributed by atoms with Crippen molar-refractivity contribution in [2.75, 3.05) is 0 Å². The van der Waals surface area contributed by atoms with Crippen molar-refractivity contribution in [1.29, 1.82) is 0 Å². The summed E-state index contributed by atoms with van der Waals surface area (Å²) >= 11 is 1.36. The van der Waals surface area contributed by atoms with Gasteiger partial charge in [0.15, 0.2) is 6.10 Å². The molecule has 0 fully saturated rings. The highest BCUT2D eigenvalue weighted by Gasteiger charge is 2.22. The third kappa shape index (κ3) is 5.32. The minimum Gasteiger partial charge on any atom is -0.451 e. The Hall–Kier alpha value is -2.93. The van der Waals surface area contributed by atoms with E-state index in [4.69, 9.17) is 9.26 Å². The molecule has 7 heteroatoms. The number of hydrogen-bond donors (Lipinski definition) is 0. The van der Waals surface area contributed by atoms with E-state index >= 15 is 0 Å². The van der Waals surface area contributed by atoms with Gasteiger partial charge in [-0.2, -0.15) is 0 Å². The summed E-state index contributed by atoms with van der Waals surface area (Å²) in [7, 11) is 0. The Morgan fingerprint density at radius 1 is 1.21 bits per heavy atom. The summed E-state index contributed by atoms with van der Waals surface area (Å²) in [4.78, 5) is 29.5. The molecule has 0 radical (unpaired) electrons. The smallest absolute Gasteiger partial charge is 0.341 e. The SMILES string of the molecule is CCc1ccc(C(=O)[C@@H](C)OC(=O)c2cccnc2SCc2cc(C)on2)cc1. The summed E-state index contributed by atoms with van der Waals surface area (Å²) in [5.74, 6) is 0.410. The zero-order valence-corrected chi connectivity index (χ0v) is 17.4. The first kappa shape index (κ1) is 20.8. The van der Waals surface area contributed by atoms with Crippen LogP contribution in [0.25, 0.3) is 0 Å². The Morgan fingerprint density at radius 3 is 2.62 bits per heavy atom. The molecule has 6 nitrogen and oxygen atoms in total. The summed E-state index contributed by atoms with van der Waals surface area (Å²) < 4.78 is 10.5. The summed E-state index contributed by atoms with van der Waals surface area (Å²) in [5, 5.41) is 4.46. The Labute approximate surface area is 173 Å². The fourth-order valence-corrected chi connectivity index (χ4v) is 3.57. The van der Waals surface area contributed by atoms with Crippen molar-refractivity contribution in [2.24, 2.45) is 0 Å². The maximum Gasteiger partial charge on any atom is 0.341 e. The molecule has 3 rings (SSSR count). The molecule has 0 unspecified atom stereocenters. The van der Waals surface area contributed by atoms with E-state index in [9.17, 15) is 9.59 Å². The fraction of sp³-hybridized carbons (Fsp3) is 0.273. The molecular weight excluding hydrogens is 388 g/mol. The second kappa shape index (κ2) is 9.52. The van der Waals surface area contributed by atoms with Crippen LogP contribution in [0.2, 0.25) is 0 Å². The van der Waals surface area contributed by atoms with Gasteiger partial charge in [0.2, 0.25) is 5.78 Å². The molecule has 0 spiro atoms. The number of nitrogens with zero attached hydrogens (tertiary/aromatic N) is 2. The first-order chi connectivity index (χ1) is 14.0. The molecule has 1 aromatic carbocycles. The molecule has 150 valence electrons. The molecular formula is C22H22N2O4S. The minimum atomic E-state index is -0.897. The molecule has 0 aliphatic carbocycles. The van der Waals surface area contributed by atoms with Gasteiger partial charge in [0.25, 0.3) is 0 Å². The molecule has 0 amide bonds. The van der Waals surface area contributed by atoms with Crippen LogP contribution in [0.15, 0.2) is 58.2 Å². The molecule has 29 heavy (non-hydrogen) atoms. The first-order valence-corrected chi connectivity index (χ1v) is 10.3. The number of carbonyl (C=O) groups is 2. The fourth-order valence-electron chi connectivity index (χ4n) is 2.71. The van der Waals surface area contributed by atoms with Crippen molar-refractivity contribution in [3.63, 3.8) is 0 Å². The zero-order chi connectivity index (χ0) is 20.8. The minimum absolute atomic E-state index is 0.239. The van der Waals surface area contributed by atoms with Crippen LogP contribution in [-0.4, -0.2) is 28.0 Å². The number of pyridine rings is 1. The van der Waals surface area contributed by atoms with Gasteiger partial charge >= 0.3 is 5.97 Å². The Bertz CT molecular complexity index is 998. The maximum absolute atomic E-state index is 12.7. The number of thioether (sulfide) groups is 1. The summed E-state index contributed by atoms with van der Waals surface area (Å²) in [6.07, 6.45) is 1.61. The molecule has 2 aromatic heterocycles. The summed E-state index contributed by atoms with van der Waals surface area (Å²) in [5.41, 5.74) is 2.74. The van der Waals surface area contributed by atoms with Gasteiger partial charge in [0.05, 0.1) is 11.3 Å². The lowest BCUT2D eigenvalue weighted by Gasteiger charge is -2.14. The number of ether oxygens (including phenoxy) is 1. The number of ketones is 1. The first-order valence-electron chi connectivity index (χ1n) is 9.32. The molecule has 0 saturated heterocycles. The van der Waals surface area contributed by atoms with E-state index < -0.39 is 12.1 Å². The van der Waals surface area contributed by atoms with E-state index in [1.165, 1.54) is 11.8 Å². The van der Waals surface area contributed by atoms with Gasteiger partial charge in [-0.25, -0.2) is 9.78 Å². The van der Waals surface area contributed by atoms with Crippen molar-refractivity contribution < 1.29 is 18.8 Å². The standard InChI is InChI=1S/C22H22N2O4S/c1-4-16-7-9-17(10-8-16)20(25)15(3)27-22(26)19-6-5-11-23-21(19)29-13-18-12-14(2)28-24-18/h5-12,15H,4,13H2,1-3H3/t15-/m1/s1. The highest BCUT2D eigenvalue weighted by Crippen LogP contribution is 2.25. The van der Waals surface area contributed by atoms with E-state index in [0.29, 0.717) is 21.9 Å². The van der Waals surface area contributed by atoms with Crippen LogP contribution in [0.4, 0.5) is 0 Å². The lowest BCUT2D eigenvalue weighted by molar-refractivity contribution is 0.0314. The number of benzene rings is 1. The second-order valence-electron chi connectivity index (χ2n) is 6.54. The third-order valence-corrected chi connectivity index (χ3v) is 5.36. The van der Waals surface area contributed by atoms with Crippen molar-refractivity contribution in [3.8, 4) is 0 Å². The number of hydrogen-bond acceptors (Lipinski definition) is 7. The predicted molar refractivity (Wildman–Crippen MR) is 110 cm³/mol. The maximum atomic E-state index is 12.7.